The Morgan fingerprint density at radius 2 is 1.61 bits per heavy atom. The molecule has 0 atom stereocenters. The normalized spacial score (nSPS) is 14.2. The second-order valence-corrected chi connectivity index (χ2v) is 10.2. The second kappa shape index (κ2) is 12.0. The predicted octanol–water partition coefficient (Wildman–Crippen LogP) is 6.05. The zero-order valence-electron chi connectivity index (χ0n) is 21.9. The Hall–Kier alpha value is -4.04. The van der Waals surface area contributed by atoms with Gasteiger partial charge in [0.25, 0.3) is 17.1 Å². The lowest BCUT2D eigenvalue weighted by Gasteiger charge is -2.14. The minimum absolute atomic E-state index is 0.129. The van der Waals surface area contributed by atoms with Gasteiger partial charge in [0, 0.05) is 5.69 Å². The highest BCUT2D eigenvalue weighted by Gasteiger charge is 2.34. The highest BCUT2D eigenvalue weighted by atomic mass is 32.2. The molecule has 1 N–H and O–H groups in total. The van der Waals surface area contributed by atoms with E-state index in [1.165, 1.54) is 4.90 Å². The smallest absolute Gasteiger partial charge is 0.293 e. The van der Waals surface area contributed by atoms with E-state index in [4.69, 9.17) is 9.47 Å². The SMILES string of the molecule is Cc1ccc(NC(=O)COc2ccc(/C=C3\SC(=O)N(CCOc4cc(C)ccc4C)C3=O)cc2)c(C)c1. The van der Waals surface area contributed by atoms with Crippen LogP contribution in [0, 0.1) is 27.7 Å². The number of carbonyl (C=O) groups excluding carboxylic acids is 3. The molecule has 0 radical (unpaired) electrons. The molecule has 0 aliphatic carbocycles. The van der Waals surface area contributed by atoms with Gasteiger partial charge in [0.15, 0.2) is 6.61 Å². The first kappa shape index (κ1) is 27.0. The van der Waals surface area contributed by atoms with E-state index >= 15 is 0 Å². The Labute approximate surface area is 226 Å². The number of hydrogen-bond donors (Lipinski definition) is 1. The molecule has 1 aliphatic heterocycles. The summed E-state index contributed by atoms with van der Waals surface area (Å²) < 4.78 is 11.4. The molecule has 4 rings (SSSR count). The minimum atomic E-state index is -0.340. The van der Waals surface area contributed by atoms with Crippen molar-refractivity contribution in [2.75, 3.05) is 25.1 Å². The first-order valence-corrected chi connectivity index (χ1v) is 13.1. The lowest BCUT2D eigenvalue weighted by atomic mass is 10.1. The number of thioether (sulfide) groups is 1. The number of amides is 3. The average molecular weight is 531 g/mol. The Morgan fingerprint density at radius 3 is 2.34 bits per heavy atom. The van der Waals surface area contributed by atoms with Crippen molar-refractivity contribution in [1.82, 2.24) is 4.90 Å². The number of hydrogen-bond acceptors (Lipinski definition) is 6. The molecule has 38 heavy (non-hydrogen) atoms. The highest BCUT2D eigenvalue weighted by molar-refractivity contribution is 8.18. The van der Waals surface area contributed by atoms with Gasteiger partial charge in [0.1, 0.15) is 18.1 Å². The Balaban J connectivity index is 1.29. The van der Waals surface area contributed by atoms with Gasteiger partial charge >= 0.3 is 0 Å². The van der Waals surface area contributed by atoms with Crippen LogP contribution in [0.4, 0.5) is 10.5 Å². The van der Waals surface area contributed by atoms with E-state index in [0.717, 1.165) is 51.0 Å². The maximum atomic E-state index is 12.8. The van der Waals surface area contributed by atoms with Crippen LogP contribution >= 0.6 is 11.8 Å². The maximum absolute atomic E-state index is 12.8. The largest absolute Gasteiger partial charge is 0.491 e. The van der Waals surface area contributed by atoms with Gasteiger partial charge in [-0.05, 0) is 92.1 Å². The van der Waals surface area contributed by atoms with E-state index in [1.807, 2.05) is 64.1 Å². The molecule has 8 heteroatoms. The van der Waals surface area contributed by atoms with E-state index in [0.29, 0.717) is 10.7 Å². The van der Waals surface area contributed by atoms with Crippen LogP contribution < -0.4 is 14.8 Å². The van der Waals surface area contributed by atoms with Crippen LogP contribution in [0.25, 0.3) is 6.08 Å². The van der Waals surface area contributed by atoms with Crippen LogP contribution in [0.15, 0.2) is 65.6 Å². The van der Waals surface area contributed by atoms with Gasteiger partial charge in [-0.25, -0.2) is 0 Å². The van der Waals surface area contributed by atoms with Gasteiger partial charge in [-0.1, -0.05) is 42.0 Å². The van der Waals surface area contributed by atoms with E-state index in [2.05, 4.69) is 5.32 Å². The van der Waals surface area contributed by atoms with Crippen molar-refractivity contribution in [3.63, 3.8) is 0 Å². The summed E-state index contributed by atoms with van der Waals surface area (Å²) in [6.07, 6.45) is 1.67. The molecule has 0 aromatic heterocycles. The number of nitrogens with zero attached hydrogens (tertiary/aromatic N) is 1. The molecule has 1 heterocycles. The van der Waals surface area contributed by atoms with Crippen LogP contribution in [0.1, 0.15) is 27.8 Å². The van der Waals surface area contributed by atoms with Gasteiger partial charge in [0.2, 0.25) is 0 Å². The first-order chi connectivity index (χ1) is 18.2. The van der Waals surface area contributed by atoms with E-state index in [1.54, 1.807) is 30.3 Å². The summed E-state index contributed by atoms with van der Waals surface area (Å²) in [5.74, 6) is 0.677. The van der Waals surface area contributed by atoms with Gasteiger partial charge in [-0.15, -0.1) is 0 Å². The summed E-state index contributed by atoms with van der Waals surface area (Å²) in [7, 11) is 0. The van der Waals surface area contributed by atoms with Gasteiger partial charge in [-0.3, -0.25) is 19.3 Å². The topological polar surface area (TPSA) is 84.9 Å². The number of rotatable bonds is 9. The molecule has 3 amide bonds. The molecule has 1 saturated heterocycles. The predicted molar refractivity (Wildman–Crippen MR) is 151 cm³/mol. The lowest BCUT2D eigenvalue weighted by molar-refractivity contribution is -0.123. The minimum Gasteiger partial charge on any atom is -0.491 e. The first-order valence-electron chi connectivity index (χ1n) is 12.2. The molecular weight excluding hydrogens is 500 g/mol. The molecule has 0 unspecified atom stereocenters. The van der Waals surface area contributed by atoms with Gasteiger partial charge < -0.3 is 14.8 Å². The zero-order chi connectivity index (χ0) is 27.2. The number of aryl methyl sites for hydroxylation is 4. The summed E-state index contributed by atoms with van der Waals surface area (Å²) in [5.41, 5.74) is 5.69. The van der Waals surface area contributed by atoms with Crippen molar-refractivity contribution < 1.29 is 23.9 Å². The fourth-order valence-electron chi connectivity index (χ4n) is 3.90. The molecule has 3 aromatic rings. The molecule has 3 aromatic carbocycles. The molecule has 0 saturated carbocycles. The Bertz CT molecular complexity index is 1400. The van der Waals surface area contributed by atoms with Crippen LogP contribution in [-0.2, 0) is 9.59 Å². The molecular formula is C30H30N2O5S. The summed E-state index contributed by atoms with van der Waals surface area (Å²) in [6.45, 7) is 8.14. The monoisotopic (exact) mass is 530 g/mol. The van der Waals surface area contributed by atoms with Crippen molar-refractivity contribution in [3.8, 4) is 11.5 Å². The summed E-state index contributed by atoms with van der Waals surface area (Å²) in [6, 6.07) is 18.7. The van der Waals surface area contributed by atoms with Gasteiger partial charge in [0.05, 0.1) is 11.4 Å². The van der Waals surface area contributed by atoms with Crippen LogP contribution in [0.5, 0.6) is 11.5 Å². The number of benzene rings is 3. The summed E-state index contributed by atoms with van der Waals surface area (Å²) >= 11 is 0.908. The average Bonchev–Trinajstić information content (AvgIpc) is 3.14. The number of anilines is 1. The fraction of sp³-hybridized carbons (Fsp3) is 0.233. The molecule has 7 nitrogen and oxygen atoms in total. The molecule has 196 valence electrons. The molecule has 0 bridgehead atoms. The number of ether oxygens (including phenoxy) is 2. The van der Waals surface area contributed by atoms with Gasteiger partial charge in [-0.2, -0.15) is 0 Å². The third-order valence-electron chi connectivity index (χ3n) is 5.99. The van der Waals surface area contributed by atoms with Crippen LogP contribution in [-0.4, -0.2) is 41.7 Å². The zero-order valence-corrected chi connectivity index (χ0v) is 22.7. The number of carbonyl (C=O) groups is 3. The molecule has 0 spiro atoms. The molecule has 1 aliphatic rings. The summed E-state index contributed by atoms with van der Waals surface area (Å²) in [4.78, 5) is 39.1. The maximum Gasteiger partial charge on any atom is 0.293 e. The third kappa shape index (κ3) is 6.83. The van der Waals surface area contributed by atoms with Crippen molar-refractivity contribution in [2.45, 2.75) is 27.7 Å². The third-order valence-corrected chi connectivity index (χ3v) is 6.90. The standard InChI is InChI=1S/C30H30N2O5S/c1-19-6-12-25(22(4)15-19)31-28(33)18-37-24-10-8-23(9-11-24)17-27-29(34)32(30(35)38-27)13-14-36-26-16-20(2)5-7-21(26)3/h5-12,15-17H,13-14,18H2,1-4H3,(H,31,33)/b27-17-. The second-order valence-electron chi connectivity index (χ2n) is 9.18. The lowest BCUT2D eigenvalue weighted by Crippen LogP contribution is -2.32. The van der Waals surface area contributed by atoms with E-state index < -0.39 is 0 Å². The van der Waals surface area contributed by atoms with E-state index in [-0.39, 0.29) is 36.8 Å². The van der Waals surface area contributed by atoms with Crippen molar-refractivity contribution in [3.05, 3.63) is 93.4 Å². The van der Waals surface area contributed by atoms with E-state index in [9.17, 15) is 14.4 Å². The quantitative estimate of drug-likeness (QED) is 0.339. The van der Waals surface area contributed by atoms with Crippen molar-refractivity contribution in [1.29, 1.82) is 0 Å². The fourth-order valence-corrected chi connectivity index (χ4v) is 4.77. The summed E-state index contributed by atoms with van der Waals surface area (Å²) in [5, 5.41) is 2.53. The number of nitrogens with one attached hydrogen (secondary N) is 1. The number of imide groups is 1. The van der Waals surface area contributed by atoms with Crippen molar-refractivity contribution >= 4 is 40.6 Å². The van der Waals surface area contributed by atoms with Crippen molar-refractivity contribution in [2.24, 2.45) is 0 Å². The van der Waals surface area contributed by atoms with Crippen LogP contribution in [0.2, 0.25) is 0 Å². The highest BCUT2D eigenvalue weighted by Crippen LogP contribution is 2.32. The van der Waals surface area contributed by atoms with Crippen LogP contribution in [0.3, 0.4) is 0 Å². The Morgan fingerprint density at radius 1 is 0.895 bits per heavy atom. The molecule has 1 fully saturated rings. The Kier molecular flexibility index (Phi) is 8.53.